The summed E-state index contributed by atoms with van der Waals surface area (Å²) < 4.78 is 6.12. The molecule has 0 saturated heterocycles. The Kier molecular flexibility index (Phi) is 7.78. The first-order chi connectivity index (χ1) is 13.5. The van der Waals surface area contributed by atoms with Gasteiger partial charge in [0.1, 0.15) is 5.54 Å². The maximum Gasteiger partial charge on any atom is 0.257 e. The van der Waals surface area contributed by atoms with Crippen LogP contribution in [0.1, 0.15) is 96.8 Å². The average molecular weight is 392 g/mol. The van der Waals surface area contributed by atoms with Gasteiger partial charge in [-0.3, -0.25) is 9.69 Å². The Hall–Kier alpha value is -1.10. The van der Waals surface area contributed by atoms with Gasteiger partial charge in [-0.2, -0.15) is 0 Å². The highest BCUT2D eigenvalue weighted by Crippen LogP contribution is 2.40. The molecule has 0 aromatic carbocycles. The van der Waals surface area contributed by atoms with Crippen LogP contribution in [0.25, 0.3) is 0 Å². The third kappa shape index (κ3) is 5.28. The van der Waals surface area contributed by atoms with Crippen LogP contribution >= 0.6 is 0 Å². The first-order valence-corrected chi connectivity index (χ1v) is 11.8. The standard InChI is InChI=1S/C23H41N3O2/c1-3-4-15-28-20-12-8-11-19(16-20)17-23(21(27)26(2)22(24)25-23)14-13-18-9-6-5-7-10-18/h18-20H,3-17H2,1-2H3,(H2,24,25)/t19-,20-,23-/m1/s1. The number of unbranched alkanes of at least 4 members (excludes halogenated alkanes) is 1. The molecule has 2 fully saturated rings. The highest BCUT2D eigenvalue weighted by molar-refractivity contribution is 6.06. The molecule has 0 radical (unpaired) electrons. The van der Waals surface area contributed by atoms with E-state index in [2.05, 4.69) is 6.92 Å². The number of amides is 1. The van der Waals surface area contributed by atoms with Crippen molar-refractivity contribution >= 4 is 11.9 Å². The summed E-state index contributed by atoms with van der Waals surface area (Å²) in [5.74, 6) is 1.80. The van der Waals surface area contributed by atoms with Gasteiger partial charge >= 0.3 is 0 Å². The summed E-state index contributed by atoms with van der Waals surface area (Å²) >= 11 is 0. The molecule has 1 heterocycles. The largest absolute Gasteiger partial charge is 0.378 e. The van der Waals surface area contributed by atoms with E-state index in [0.29, 0.717) is 18.0 Å². The quantitative estimate of drug-likeness (QED) is 0.582. The Bertz CT molecular complexity index is 544. The highest BCUT2D eigenvalue weighted by Gasteiger charge is 2.48. The zero-order valence-corrected chi connectivity index (χ0v) is 18.1. The Balaban J connectivity index is 1.63. The first kappa shape index (κ1) is 21.6. The third-order valence-electron chi connectivity index (χ3n) is 7.28. The summed E-state index contributed by atoms with van der Waals surface area (Å²) in [6.45, 7) is 3.07. The minimum atomic E-state index is -0.619. The summed E-state index contributed by atoms with van der Waals surface area (Å²) in [7, 11) is 1.78. The number of guanidine groups is 1. The van der Waals surface area contributed by atoms with Gasteiger partial charge in [-0.05, 0) is 50.4 Å². The van der Waals surface area contributed by atoms with E-state index in [1.807, 2.05) is 0 Å². The molecule has 5 nitrogen and oxygen atoms in total. The second-order valence-electron chi connectivity index (χ2n) is 9.49. The van der Waals surface area contributed by atoms with Crippen LogP contribution < -0.4 is 5.73 Å². The smallest absolute Gasteiger partial charge is 0.257 e. The van der Waals surface area contributed by atoms with Crippen molar-refractivity contribution in [1.82, 2.24) is 4.90 Å². The molecule has 5 heteroatoms. The zero-order chi connectivity index (χ0) is 20.0. The van der Waals surface area contributed by atoms with E-state index in [9.17, 15) is 4.79 Å². The molecule has 2 aliphatic carbocycles. The minimum absolute atomic E-state index is 0.120. The van der Waals surface area contributed by atoms with Crippen LogP contribution in [-0.2, 0) is 9.53 Å². The molecule has 3 aliphatic rings. The van der Waals surface area contributed by atoms with Crippen LogP contribution in [0.2, 0.25) is 0 Å². The summed E-state index contributed by atoms with van der Waals surface area (Å²) in [4.78, 5) is 19.5. The number of hydrogen-bond acceptors (Lipinski definition) is 4. The summed E-state index contributed by atoms with van der Waals surface area (Å²) in [6.07, 6.45) is 16.8. The highest BCUT2D eigenvalue weighted by atomic mass is 16.5. The minimum Gasteiger partial charge on any atom is -0.378 e. The van der Waals surface area contributed by atoms with Crippen molar-refractivity contribution in [1.29, 1.82) is 0 Å². The number of nitrogens with two attached hydrogens (primary N) is 1. The van der Waals surface area contributed by atoms with E-state index in [1.165, 1.54) is 51.4 Å². The Morgan fingerprint density at radius 1 is 1.14 bits per heavy atom. The molecular formula is C23H41N3O2. The number of carbonyl (C=O) groups excluding carboxylic acids is 1. The maximum absolute atomic E-state index is 13.2. The Morgan fingerprint density at radius 2 is 1.89 bits per heavy atom. The zero-order valence-electron chi connectivity index (χ0n) is 18.1. The average Bonchev–Trinajstić information content (AvgIpc) is 2.92. The molecular weight excluding hydrogens is 350 g/mol. The first-order valence-electron chi connectivity index (χ1n) is 11.8. The molecule has 0 aromatic rings. The van der Waals surface area contributed by atoms with E-state index < -0.39 is 5.54 Å². The molecule has 0 unspecified atom stereocenters. The van der Waals surface area contributed by atoms with Crippen LogP contribution in [0.4, 0.5) is 0 Å². The SMILES string of the molecule is CCCCO[C@@H]1CCC[C@@H](C[C@@]2(CCC3CCCCC3)N=C(N)N(C)C2=O)C1. The second kappa shape index (κ2) is 10.1. The molecule has 1 aliphatic heterocycles. The Labute approximate surface area is 171 Å². The lowest BCUT2D eigenvalue weighted by Crippen LogP contribution is -2.44. The third-order valence-corrected chi connectivity index (χ3v) is 7.28. The van der Waals surface area contributed by atoms with Gasteiger partial charge in [-0.15, -0.1) is 0 Å². The van der Waals surface area contributed by atoms with Gasteiger partial charge in [-0.1, -0.05) is 58.3 Å². The predicted octanol–water partition coefficient (Wildman–Crippen LogP) is 4.64. The van der Waals surface area contributed by atoms with Crippen molar-refractivity contribution in [3.63, 3.8) is 0 Å². The van der Waals surface area contributed by atoms with Crippen molar-refractivity contribution in [3.05, 3.63) is 0 Å². The van der Waals surface area contributed by atoms with Crippen molar-refractivity contribution in [2.75, 3.05) is 13.7 Å². The fraction of sp³-hybridized carbons (Fsp3) is 0.913. The molecule has 0 aromatic heterocycles. The van der Waals surface area contributed by atoms with Gasteiger partial charge in [0.15, 0.2) is 5.96 Å². The van der Waals surface area contributed by atoms with Crippen LogP contribution in [0.5, 0.6) is 0 Å². The van der Waals surface area contributed by atoms with Crippen LogP contribution in [0.3, 0.4) is 0 Å². The number of nitrogens with zero attached hydrogens (tertiary/aromatic N) is 2. The number of ether oxygens (including phenoxy) is 1. The molecule has 3 atom stereocenters. The Morgan fingerprint density at radius 3 is 2.57 bits per heavy atom. The molecule has 0 bridgehead atoms. The molecule has 160 valence electrons. The van der Waals surface area contributed by atoms with E-state index in [0.717, 1.165) is 51.0 Å². The van der Waals surface area contributed by atoms with Gasteiger partial charge in [0.2, 0.25) is 0 Å². The number of aliphatic imine (C=N–C) groups is 1. The lowest BCUT2D eigenvalue weighted by atomic mass is 9.74. The summed E-state index contributed by atoms with van der Waals surface area (Å²) in [6, 6.07) is 0. The molecule has 2 saturated carbocycles. The van der Waals surface area contributed by atoms with Crippen molar-refractivity contribution in [3.8, 4) is 0 Å². The predicted molar refractivity (Wildman–Crippen MR) is 114 cm³/mol. The van der Waals surface area contributed by atoms with Crippen LogP contribution in [0.15, 0.2) is 4.99 Å². The fourth-order valence-corrected chi connectivity index (χ4v) is 5.53. The van der Waals surface area contributed by atoms with Gasteiger partial charge in [0.25, 0.3) is 5.91 Å². The normalized spacial score (nSPS) is 32.0. The van der Waals surface area contributed by atoms with Crippen molar-refractivity contribution in [2.24, 2.45) is 22.6 Å². The molecule has 28 heavy (non-hydrogen) atoms. The molecule has 0 spiro atoms. The van der Waals surface area contributed by atoms with E-state index in [1.54, 1.807) is 11.9 Å². The molecule has 2 N–H and O–H groups in total. The van der Waals surface area contributed by atoms with Gasteiger partial charge in [-0.25, -0.2) is 4.99 Å². The summed E-state index contributed by atoms with van der Waals surface area (Å²) in [5, 5.41) is 0. The number of likely N-dealkylation sites (N-methyl/N-ethyl adjacent to an activating group) is 1. The summed E-state index contributed by atoms with van der Waals surface area (Å²) in [5.41, 5.74) is 5.48. The van der Waals surface area contributed by atoms with Gasteiger partial charge in [0.05, 0.1) is 6.10 Å². The lowest BCUT2D eigenvalue weighted by molar-refractivity contribution is -0.131. The number of carbonyl (C=O) groups is 1. The van der Waals surface area contributed by atoms with Crippen LogP contribution in [-0.4, -0.2) is 42.1 Å². The van der Waals surface area contributed by atoms with Gasteiger partial charge < -0.3 is 10.5 Å². The van der Waals surface area contributed by atoms with Crippen molar-refractivity contribution in [2.45, 2.75) is 108 Å². The van der Waals surface area contributed by atoms with E-state index in [-0.39, 0.29) is 5.91 Å². The fourth-order valence-electron chi connectivity index (χ4n) is 5.53. The molecule has 3 rings (SSSR count). The monoisotopic (exact) mass is 391 g/mol. The number of rotatable bonds is 9. The van der Waals surface area contributed by atoms with Crippen LogP contribution in [0, 0.1) is 11.8 Å². The lowest BCUT2D eigenvalue weighted by Gasteiger charge is -2.35. The topological polar surface area (TPSA) is 67.9 Å². The number of hydrogen-bond donors (Lipinski definition) is 1. The maximum atomic E-state index is 13.2. The molecule has 1 amide bonds. The second-order valence-corrected chi connectivity index (χ2v) is 9.49. The van der Waals surface area contributed by atoms with E-state index >= 15 is 0 Å². The van der Waals surface area contributed by atoms with Crippen molar-refractivity contribution < 1.29 is 9.53 Å². The van der Waals surface area contributed by atoms with Gasteiger partial charge in [0, 0.05) is 13.7 Å². The van der Waals surface area contributed by atoms with E-state index in [4.69, 9.17) is 15.5 Å².